The standard InChI is InChI=1S/C9H9BNO3/c11-9(13)8-6-3-5(4-12)1-2-7(6)10-14-8/h1-4,8,10,12H,(H2,11,13). The molecule has 5 heteroatoms. The number of benzene rings is 1. The monoisotopic (exact) mass is 190 g/mol. The molecule has 2 rings (SSSR count). The van der Waals surface area contributed by atoms with E-state index in [2.05, 4.69) is 0 Å². The zero-order chi connectivity index (χ0) is 10.1. The summed E-state index contributed by atoms with van der Waals surface area (Å²) in [4.78, 5) is 11.0. The number of aliphatic hydroxyl groups excluding tert-OH is 1. The SMILES string of the molecule is NC(=O)C1OBc2ccc([CH]O)cc21. The van der Waals surface area contributed by atoms with Crippen LogP contribution in [0.2, 0.25) is 0 Å². The molecule has 1 amide bonds. The van der Waals surface area contributed by atoms with Crippen LogP contribution in [0.25, 0.3) is 0 Å². The van der Waals surface area contributed by atoms with Crippen LogP contribution in [0.1, 0.15) is 17.2 Å². The second-order valence-electron chi connectivity index (χ2n) is 3.18. The third-order valence-electron chi connectivity index (χ3n) is 2.27. The minimum Gasteiger partial charge on any atom is -0.420 e. The van der Waals surface area contributed by atoms with E-state index in [9.17, 15) is 4.79 Å². The molecule has 1 radical (unpaired) electrons. The van der Waals surface area contributed by atoms with E-state index in [1.807, 2.05) is 6.07 Å². The second-order valence-corrected chi connectivity index (χ2v) is 3.18. The molecule has 1 atom stereocenters. The molecule has 1 aromatic rings. The van der Waals surface area contributed by atoms with Crippen LogP contribution in [0.3, 0.4) is 0 Å². The van der Waals surface area contributed by atoms with Crippen molar-refractivity contribution in [2.75, 3.05) is 0 Å². The Morgan fingerprint density at radius 1 is 1.64 bits per heavy atom. The second kappa shape index (κ2) is 3.44. The van der Waals surface area contributed by atoms with Crippen LogP contribution < -0.4 is 11.2 Å². The van der Waals surface area contributed by atoms with Gasteiger partial charge in [0, 0.05) is 0 Å². The summed E-state index contributed by atoms with van der Waals surface area (Å²) in [5, 5.41) is 8.81. The molecule has 0 saturated heterocycles. The van der Waals surface area contributed by atoms with E-state index >= 15 is 0 Å². The lowest BCUT2D eigenvalue weighted by Crippen LogP contribution is -2.21. The number of fused-ring (bicyclic) bond motifs is 1. The van der Waals surface area contributed by atoms with Gasteiger partial charge in [-0.05, 0) is 16.6 Å². The molecule has 14 heavy (non-hydrogen) atoms. The van der Waals surface area contributed by atoms with Crippen molar-refractivity contribution in [3.05, 3.63) is 35.9 Å². The van der Waals surface area contributed by atoms with Crippen molar-refractivity contribution < 1.29 is 14.6 Å². The number of nitrogens with two attached hydrogens (primary N) is 1. The van der Waals surface area contributed by atoms with Gasteiger partial charge in [0.05, 0.1) is 0 Å². The average Bonchev–Trinajstić information content (AvgIpc) is 2.59. The van der Waals surface area contributed by atoms with E-state index in [0.29, 0.717) is 13.0 Å². The third kappa shape index (κ3) is 1.40. The Hall–Kier alpha value is -1.33. The zero-order valence-electron chi connectivity index (χ0n) is 7.43. The van der Waals surface area contributed by atoms with Crippen molar-refractivity contribution in [3.8, 4) is 0 Å². The van der Waals surface area contributed by atoms with Crippen LogP contribution in [-0.2, 0) is 9.45 Å². The Morgan fingerprint density at radius 3 is 3.07 bits per heavy atom. The van der Waals surface area contributed by atoms with Crippen LogP contribution in [0.4, 0.5) is 0 Å². The molecule has 0 saturated carbocycles. The largest absolute Gasteiger partial charge is 0.420 e. The maximum Gasteiger partial charge on any atom is 0.310 e. The molecule has 1 aliphatic rings. The predicted octanol–water partition coefficient (Wildman–Crippen LogP) is -0.898. The van der Waals surface area contributed by atoms with Crippen molar-refractivity contribution in [1.29, 1.82) is 0 Å². The van der Waals surface area contributed by atoms with Crippen LogP contribution in [0.15, 0.2) is 18.2 Å². The summed E-state index contributed by atoms with van der Waals surface area (Å²) in [7, 11) is 0.397. The van der Waals surface area contributed by atoms with Crippen molar-refractivity contribution >= 4 is 18.9 Å². The molecule has 1 aliphatic heterocycles. The van der Waals surface area contributed by atoms with Gasteiger partial charge in [-0.1, -0.05) is 18.2 Å². The smallest absolute Gasteiger partial charge is 0.310 e. The van der Waals surface area contributed by atoms with Gasteiger partial charge in [-0.3, -0.25) is 4.79 Å². The van der Waals surface area contributed by atoms with Gasteiger partial charge in [-0.2, -0.15) is 0 Å². The van der Waals surface area contributed by atoms with Gasteiger partial charge in [-0.25, -0.2) is 0 Å². The molecular weight excluding hydrogens is 181 g/mol. The van der Waals surface area contributed by atoms with Crippen LogP contribution in [0.5, 0.6) is 0 Å². The van der Waals surface area contributed by atoms with Crippen LogP contribution in [-0.4, -0.2) is 18.5 Å². The maximum absolute atomic E-state index is 11.0. The van der Waals surface area contributed by atoms with Crippen LogP contribution >= 0.6 is 0 Å². The Balaban J connectivity index is 2.41. The molecular formula is C9H9BNO3. The first-order valence-electron chi connectivity index (χ1n) is 4.23. The molecule has 0 aliphatic carbocycles. The highest BCUT2D eigenvalue weighted by Crippen LogP contribution is 2.21. The minimum absolute atomic E-state index is 0.397. The Labute approximate surface area is 82.0 Å². The lowest BCUT2D eigenvalue weighted by atomic mass is 9.86. The summed E-state index contributed by atoms with van der Waals surface area (Å²) in [5.74, 6) is -0.501. The first kappa shape index (κ1) is 9.24. The Kier molecular flexibility index (Phi) is 2.27. The van der Waals surface area contributed by atoms with Crippen molar-refractivity contribution in [2.24, 2.45) is 5.73 Å². The number of hydrogen-bond acceptors (Lipinski definition) is 3. The molecule has 71 valence electrons. The van der Waals surface area contributed by atoms with Crippen molar-refractivity contribution in [1.82, 2.24) is 0 Å². The van der Waals surface area contributed by atoms with Crippen molar-refractivity contribution in [3.63, 3.8) is 0 Å². The number of carbonyl (C=O) groups excluding carboxylic acids is 1. The summed E-state index contributed by atoms with van der Waals surface area (Å²) in [5.41, 5.74) is 7.50. The van der Waals surface area contributed by atoms with Gasteiger partial charge >= 0.3 is 7.48 Å². The third-order valence-corrected chi connectivity index (χ3v) is 2.27. The van der Waals surface area contributed by atoms with E-state index < -0.39 is 12.0 Å². The molecule has 0 bridgehead atoms. The summed E-state index contributed by atoms with van der Waals surface area (Å²) in [6.45, 7) is 0.983. The zero-order valence-corrected chi connectivity index (χ0v) is 7.43. The van der Waals surface area contributed by atoms with Gasteiger partial charge in [0.1, 0.15) is 12.7 Å². The molecule has 0 spiro atoms. The highest BCUT2D eigenvalue weighted by atomic mass is 16.4. The van der Waals surface area contributed by atoms with E-state index in [-0.39, 0.29) is 0 Å². The molecule has 3 N–H and O–H groups in total. The fourth-order valence-electron chi connectivity index (χ4n) is 1.57. The number of carbonyl (C=O) groups is 1. The predicted molar refractivity (Wildman–Crippen MR) is 51.6 cm³/mol. The summed E-state index contributed by atoms with van der Waals surface area (Å²) in [6.07, 6.45) is -0.676. The van der Waals surface area contributed by atoms with Crippen LogP contribution in [0, 0.1) is 6.61 Å². The summed E-state index contributed by atoms with van der Waals surface area (Å²) >= 11 is 0. The van der Waals surface area contributed by atoms with Gasteiger partial charge in [0.2, 0.25) is 5.91 Å². The summed E-state index contributed by atoms with van der Waals surface area (Å²) in [6, 6.07) is 5.28. The van der Waals surface area contributed by atoms with E-state index in [4.69, 9.17) is 15.5 Å². The lowest BCUT2D eigenvalue weighted by molar-refractivity contribution is -0.124. The van der Waals surface area contributed by atoms with Gasteiger partial charge in [-0.15, -0.1) is 0 Å². The van der Waals surface area contributed by atoms with Gasteiger partial charge < -0.3 is 15.5 Å². The van der Waals surface area contributed by atoms with Gasteiger partial charge in [0.25, 0.3) is 0 Å². The summed E-state index contributed by atoms with van der Waals surface area (Å²) < 4.78 is 5.21. The first-order chi connectivity index (χ1) is 6.72. The number of primary amides is 1. The highest BCUT2D eigenvalue weighted by molar-refractivity contribution is 6.49. The van der Waals surface area contributed by atoms with Crippen molar-refractivity contribution in [2.45, 2.75) is 6.10 Å². The fraction of sp³-hybridized carbons (Fsp3) is 0.111. The Bertz CT molecular complexity index is 380. The minimum atomic E-state index is -0.676. The van der Waals surface area contributed by atoms with E-state index in [0.717, 1.165) is 17.6 Å². The normalized spacial score (nSPS) is 18.8. The molecule has 1 unspecified atom stereocenters. The average molecular weight is 190 g/mol. The fourth-order valence-corrected chi connectivity index (χ4v) is 1.57. The van der Waals surface area contributed by atoms with E-state index in [1.54, 1.807) is 12.1 Å². The number of hydrogen-bond donors (Lipinski definition) is 2. The highest BCUT2D eigenvalue weighted by Gasteiger charge is 2.28. The van der Waals surface area contributed by atoms with E-state index in [1.165, 1.54) is 0 Å². The molecule has 1 heterocycles. The quantitative estimate of drug-likeness (QED) is 0.593. The lowest BCUT2D eigenvalue weighted by Gasteiger charge is -2.07. The first-order valence-corrected chi connectivity index (χ1v) is 4.23. The Morgan fingerprint density at radius 2 is 2.43 bits per heavy atom. The van der Waals surface area contributed by atoms with Gasteiger partial charge in [0.15, 0.2) is 0 Å². The topological polar surface area (TPSA) is 72.6 Å². The molecule has 0 fully saturated rings. The number of rotatable bonds is 2. The maximum atomic E-state index is 11.0. The number of amides is 1. The molecule has 0 aromatic heterocycles. The molecule has 4 nitrogen and oxygen atoms in total. The molecule has 1 aromatic carbocycles. The number of aliphatic hydroxyl groups is 1.